The van der Waals surface area contributed by atoms with E-state index in [4.69, 9.17) is 13.9 Å². The minimum Gasteiger partial charge on any atom is -0.411 e. The molecule has 0 unspecified atom stereocenters. The van der Waals surface area contributed by atoms with Gasteiger partial charge in [0.2, 0.25) is 6.41 Å². The summed E-state index contributed by atoms with van der Waals surface area (Å²) in [5, 5.41) is 10.4. The molecule has 0 saturated heterocycles. The quantitative estimate of drug-likeness (QED) is 0.438. The lowest BCUT2D eigenvalue weighted by atomic mass is 10.2. The van der Waals surface area contributed by atoms with Crippen LogP contribution >= 0.6 is 0 Å². The first-order valence-corrected chi connectivity index (χ1v) is 12.5. The molecule has 0 fully saturated rings. The monoisotopic (exact) mass is 388 g/mol. The molecule has 0 radical (unpaired) electrons. The summed E-state index contributed by atoms with van der Waals surface area (Å²) in [6, 6.07) is 9.96. The first kappa shape index (κ1) is 21.6. The SMILES string of the molecule is CCOC(OCC)n1c(CO[Si](C)(C)C(C)(C)C)cc2cc(C#N)ccc21. The molecule has 2 aromatic rings. The Morgan fingerprint density at radius 3 is 2.26 bits per heavy atom. The average molecular weight is 389 g/mol. The summed E-state index contributed by atoms with van der Waals surface area (Å²) in [5.74, 6) is 0. The second kappa shape index (κ2) is 8.57. The molecular weight excluding hydrogens is 356 g/mol. The number of nitriles is 1. The fourth-order valence-electron chi connectivity index (χ4n) is 2.68. The topological polar surface area (TPSA) is 56.4 Å². The van der Waals surface area contributed by atoms with Gasteiger partial charge in [-0.1, -0.05) is 20.8 Å². The second-order valence-corrected chi connectivity index (χ2v) is 13.0. The molecule has 0 aliphatic rings. The van der Waals surface area contributed by atoms with Gasteiger partial charge in [-0.2, -0.15) is 5.26 Å². The summed E-state index contributed by atoms with van der Waals surface area (Å²) in [4.78, 5) is 0. The molecule has 148 valence electrons. The van der Waals surface area contributed by atoms with E-state index >= 15 is 0 Å². The first-order valence-electron chi connectivity index (χ1n) is 9.55. The van der Waals surface area contributed by atoms with Crippen molar-refractivity contribution in [3.8, 4) is 6.07 Å². The zero-order chi connectivity index (χ0) is 20.2. The highest BCUT2D eigenvalue weighted by Gasteiger charge is 2.37. The summed E-state index contributed by atoms with van der Waals surface area (Å²) in [6.45, 7) is 16.7. The fraction of sp³-hybridized carbons (Fsp3) is 0.571. The lowest BCUT2D eigenvalue weighted by Gasteiger charge is -2.36. The lowest BCUT2D eigenvalue weighted by Crippen LogP contribution is -2.40. The van der Waals surface area contributed by atoms with Gasteiger partial charge in [0.1, 0.15) is 0 Å². The van der Waals surface area contributed by atoms with Crippen LogP contribution in [-0.4, -0.2) is 26.1 Å². The molecule has 0 N–H and O–H groups in total. The molecule has 0 spiro atoms. The average Bonchev–Trinajstić information content (AvgIpc) is 2.96. The molecule has 1 heterocycles. The normalized spacial score (nSPS) is 12.7. The van der Waals surface area contributed by atoms with Gasteiger partial charge in [-0.05, 0) is 56.2 Å². The van der Waals surface area contributed by atoms with Gasteiger partial charge in [-0.15, -0.1) is 0 Å². The van der Waals surface area contributed by atoms with Crippen LogP contribution in [-0.2, 0) is 20.5 Å². The Bertz CT molecular complexity index is 809. The van der Waals surface area contributed by atoms with Crippen molar-refractivity contribution in [1.82, 2.24) is 4.57 Å². The summed E-state index contributed by atoms with van der Waals surface area (Å²) in [5.41, 5.74) is 2.62. The van der Waals surface area contributed by atoms with Crippen LogP contribution in [0.4, 0.5) is 0 Å². The van der Waals surface area contributed by atoms with Crippen LogP contribution in [0.2, 0.25) is 18.1 Å². The van der Waals surface area contributed by atoms with Gasteiger partial charge in [0.25, 0.3) is 0 Å². The highest BCUT2D eigenvalue weighted by Crippen LogP contribution is 2.37. The fourth-order valence-corrected chi connectivity index (χ4v) is 3.62. The Kier molecular flexibility index (Phi) is 6.87. The summed E-state index contributed by atoms with van der Waals surface area (Å²) in [6.07, 6.45) is -0.511. The molecule has 0 aliphatic heterocycles. The van der Waals surface area contributed by atoms with Crippen molar-refractivity contribution >= 4 is 19.2 Å². The van der Waals surface area contributed by atoms with E-state index in [9.17, 15) is 5.26 Å². The third kappa shape index (κ3) is 4.80. The van der Waals surface area contributed by atoms with Crippen molar-refractivity contribution in [3.63, 3.8) is 0 Å². The predicted molar refractivity (Wildman–Crippen MR) is 111 cm³/mol. The van der Waals surface area contributed by atoms with Gasteiger partial charge in [0, 0.05) is 24.3 Å². The molecule has 2 rings (SSSR count). The number of hydrogen-bond acceptors (Lipinski definition) is 4. The molecule has 5 nitrogen and oxygen atoms in total. The van der Waals surface area contributed by atoms with Crippen LogP contribution in [0.3, 0.4) is 0 Å². The molecule has 0 bridgehead atoms. The van der Waals surface area contributed by atoms with Crippen molar-refractivity contribution in [1.29, 1.82) is 5.26 Å². The molecule has 6 heteroatoms. The van der Waals surface area contributed by atoms with Crippen LogP contribution in [0.15, 0.2) is 24.3 Å². The number of aromatic nitrogens is 1. The van der Waals surface area contributed by atoms with E-state index in [1.807, 2.05) is 32.0 Å². The standard InChI is InChI=1S/C21H32N2O3Si/c1-8-24-20(25-9-2)23-18(15-26-27(6,7)21(3,4)5)13-17-12-16(14-22)10-11-19(17)23/h10-13,20H,8-9,15H2,1-7H3. The Labute approximate surface area is 164 Å². The molecule has 0 amide bonds. The molecular formula is C21H32N2O3Si. The number of nitrogens with zero attached hydrogens (tertiary/aromatic N) is 2. The Hall–Kier alpha value is -1.65. The van der Waals surface area contributed by atoms with Gasteiger partial charge >= 0.3 is 0 Å². The number of hydrogen-bond donors (Lipinski definition) is 0. The van der Waals surface area contributed by atoms with Gasteiger partial charge in [0.05, 0.1) is 23.8 Å². The Morgan fingerprint density at radius 1 is 1.11 bits per heavy atom. The van der Waals surface area contributed by atoms with E-state index in [-0.39, 0.29) is 5.04 Å². The van der Waals surface area contributed by atoms with Crippen molar-refractivity contribution in [3.05, 3.63) is 35.5 Å². The maximum Gasteiger partial charge on any atom is 0.244 e. The summed E-state index contributed by atoms with van der Waals surface area (Å²) >= 11 is 0. The maximum atomic E-state index is 9.23. The minimum atomic E-state index is -1.90. The second-order valence-electron chi connectivity index (χ2n) is 8.16. The molecule has 1 aromatic carbocycles. The lowest BCUT2D eigenvalue weighted by molar-refractivity contribution is -0.185. The van der Waals surface area contributed by atoms with Gasteiger partial charge < -0.3 is 13.9 Å². The van der Waals surface area contributed by atoms with Crippen molar-refractivity contribution in [2.24, 2.45) is 0 Å². The third-order valence-electron chi connectivity index (χ3n) is 5.26. The zero-order valence-corrected chi connectivity index (χ0v) is 18.6. The molecule has 1 aromatic heterocycles. The molecule has 0 atom stereocenters. The van der Waals surface area contributed by atoms with Crippen LogP contribution < -0.4 is 0 Å². The number of ether oxygens (including phenoxy) is 2. The molecule has 0 aliphatic carbocycles. The van der Waals surface area contributed by atoms with Crippen LogP contribution in [0, 0.1) is 11.3 Å². The Morgan fingerprint density at radius 2 is 1.74 bits per heavy atom. The largest absolute Gasteiger partial charge is 0.411 e. The van der Waals surface area contributed by atoms with Gasteiger partial charge in [-0.25, -0.2) is 0 Å². The highest BCUT2D eigenvalue weighted by molar-refractivity contribution is 6.74. The minimum absolute atomic E-state index is 0.136. The van der Waals surface area contributed by atoms with Crippen molar-refractivity contribution < 1.29 is 13.9 Å². The van der Waals surface area contributed by atoms with E-state index in [0.29, 0.717) is 25.4 Å². The Balaban J connectivity index is 2.49. The van der Waals surface area contributed by atoms with E-state index in [0.717, 1.165) is 16.6 Å². The van der Waals surface area contributed by atoms with E-state index in [1.165, 1.54) is 0 Å². The van der Waals surface area contributed by atoms with Crippen LogP contribution in [0.5, 0.6) is 0 Å². The van der Waals surface area contributed by atoms with E-state index in [2.05, 4.69) is 50.6 Å². The van der Waals surface area contributed by atoms with Gasteiger partial charge in [0.15, 0.2) is 8.32 Å². The predicted octanol–water partition coefficient (Wildman–Crippen LogP) is 5.56. The van der Waals surface area contributed by atoms with E-state index < -0.39 is 14.7 Å². The van der Waals surface area contributed by atoms with Crippen LogP contribution in [0.1, 0.15) is 52.3 Å². The smallest absolute Gasteiger partial charge is 0.244 e. The molecule has 0 saturated carbocycles. The molecule has 27 heavy (non-hydrogen) atoms. The highest BCUT2D eigenvalue weighted by atomic mass is 28.4. The van der Waals surface area contributed by atoms with Crippen molar-refractivity contribution in [2.45, 2.75) is 65.8 Å². The summed E-state index contributed by atoms with van der Waals surface area (Å²) in [7, 11) is -1.90. The summed E-state index contributed by atoms with van der Waals surface area (Å²) < 4.78 is 20.2. The van der Waals surface area contributed by atoms with Crippen LogP contribution in [0.25, 0.3) is 10.9 Å². The van der Waals surface area contributed by atoms with Gasteiger partial charge in [-0.3, -0.25) is 4.57 Å². The number of fused-ring (bicyclic) bond motifs is 1. The first-order chi connectivity index (χ1) is 12.6. The van der Waals surface area contributed by atoms with E-state index in [1.54, 1.807) is 0 Å². The number of rotatable bonds is 8. The zero-order valence-electron chi connectivity index (χ0n) is 17.6. The maximum absolute atomic E-state index is 9.23. The number of benzene rings is 1. The van der Waals surface area contributed by atoms with Crippen molar-refractivity contribution in [2.75, 3.05) is 13.2 Å². The third-order valence-corrected chi connectivity index (χ3v) is 9.74.